The van der Waals surface area contributed by atoms with Gasteiger partial charge in [-0.25, -0.2) is 14.6 Å². The van der Waals surface area contributed by atoms with Crippen LogP contribution in [0, 0.1) is 5.92 Å². The number of halogens is 3. The zero-order valence-electron chi connectivity index (χ0n) is 13.4. The van der Waals surface area contributed by atoms with Gasteiger partial charge in [-0.05, 0) is 18.4 Å². The van der Waals surface area contributed by atoms with Crippen molar-refractivity contribution in [1.29, 1.82) is 0 Å². The van der Waals surface area contributed by atoms with Crippen LogP contribution in [0.3, 0.4) is 0 Å². The van der Waals surface area contributed by atoms with Gasteiger partial charge in [-0.1, -0.05) is 19.3 Å². The van der Waals surface area contributed by atoms with Gasteiger partial charge in [-0.15, -0.1) is 0 Å². The van der Waals surface area contributed by atoms with Crippen molar-refractivity contribution in [1.82, 2.24) is 19.7 Å². The molecule has 3 rings (SSSR count). The van der Waals surface area contributed by atoms with E-state index >= 15 is 0 Å². The predicted octanol–water partition coefficient (Wildman–Crippen LogP) is 2.83. The van der Waals surface area contributed by atoms with Gasteiger partial charge in [-0.2, -0.15) is 18.3 Å². The fourth-order valence-electron chi connectivity index (χ4n) is 2.52. The van der Waals surface area contributed by atoms with E-state index < -0.39 is 12.8 Å². The van der Waals surface area contributed by atoms with Crippen LogP contribution in [0.1, 0.15) is 25.7 Å². The molecule has 2 aromatic rings. The molecular formula is C16H17F3N4O2. The lowest BCUT2D eigenvalue weighted by atomic mass is 9.83. The highest BCUT2D eigenvalue weighted by Gasteiger charge is 2.28. The van der Waals surface area contributed by atoms with Gasteiger partial charge in [0.15, 0.2) is 6.61 Å². The summed E-state index contributed by atoms with van der Waals surface area (Å²) < 4.78 is 42.2. The third-order valence-corrected chi connectivity index (χ3v) is 4.13. The van der Waals surface area contributed by atoms with Crippen LogP contribution in [0.2, 0.25) is 0 Å². The molecule has 0 amide bonds. The summed E-state index contributed by atoms with van der Waals surface area (Å²) >= 11 is 0. The third kappa shape index (κ3) is 4.77. The fraction of sp³-hybridized carbons (Fsp3) is 0.500. The van der Waals surface area contributed by atoms with E-state index in [0.717, 1.165) is 6.42 Å². The Morgan fingerprint density at radius 3 is 2.52 bits per heavy atom. The molecule has 1 saturated carbocycles. The lowest BCUT2D eigenvalue weighted by Gasteiger charge is -2.25. The molecule has 0 aromatic carbocycles. The summed E-state index contributed by atoms with van der Waals surface area (Å²) in [6, 6.07) is 2.59. The Hall–Kier alpha value is -2.45. The third-order valence-electron chi connectivity index (χ3n) is 4.13. The second-order valence-electron chi connectivity index (χ2n) is 6.02. The normalized spacial score (nSPS) is 15.0. The van der Waals surface area contributed by atoms with Crippen LogP contribution in [0.15, 0.2) is 29.3 Å². The van der Waals surface area contributed by atoms with Gasteiger partial charge < -0.3 is 4.74 Å². The zero-order valence-corrected chi connectivity index (χ0v) is 13.4. The van der Waals surface area contributed by atoms with Crippen molar-refractivity contribution in [3.8, 4) is 17.3 Å². The first-order chi connectivity index (χ1) is 11.9. The number of ether oxygens (including phenoxy) is 1. The second kappa shape index (κ2) is 7.20. The van der Waals surface area contributed by atoms with Crippen molar-refractivity contribution < 1.29 is 17.9 Å². The summed E-state index contributed by atoms with van der Waals surface area (Å²) in [6.45, 7) is -0.901. The van der Waals surface area contributed by atoms with Crippen LogP contribution in [0.5, 0.6) is 6.01 Å². The maximum absolute atomic E-state index is 12.1. The Kier molecular flexibility index (Phi) is 5.00. The van der Waals surface area contributed by atoms with Gasteiger partial charge in [0.05, 0.1) is 5.69 Å². The molecule has 134 valence electrons. The molecular weight excluding hydrogens is 337 g/mol. The van der Waals surface area contributed by atoms with E-state index in [-0.39, 0.29) is 11.6 Å². The molecule has 0 unspecified atom stereocenters. The molecule has 9 heteroatoms. The number of aryl methyl sites for hydroxylation is 1. The van der Waals surface area contributed by atoms with Crippen LogP contribution < -0.4 is 10.3 Å². The van der Waals surface area contributed by atoms with Gasteiger partial charge in [0.25, 0.3) is 5.56 Å². The minimum absolute atomic E-state index is 0.186. The Morgan fingerprint density at radius 1 is 1.20 bits per heavy atom. The molecule has 0 atom stereocenters. The maximum Gasteiger partial charge on any atom is 0.422 e. The number of aromatic nitrogens is 4. The molecule has 1 fully saturated rings. The Balaban J connectivity index is 1.69. The van der Waals surface area contributed by atoms with E-state index in [1.807, 2.05) is 0 Å². The monoisotopic (exact) mass is 354 g/mol. The molecule has 0 spiro atoms. The fourth-order valence-corrected chi connectivity index (χ4v) is 2.52. The van der Waals surface area contributed by atoms with Gasteiger partial charge in [0.2, 0.25) is 0 Å². The summed E-state index contributed by atoms with van der Waals surface area (Å²) in [5.41, 5.74) is 0.793. The maximum atomic E-state index is 12.1. The van der Waals surface area contributed by atoms with E-state index in [0.29, 0.717) is 23.7 Å². The Labute approximate surface area is 141 Å². The van der Waals surface area contributed by atoms with Crippen LogP contribution in [0.4, 0.5) is 13.2 Å². The lowest BCUT2D eigenvalue weighted by Crippen LogP contribution is -2.25. The van der Waals surface area contributed by atoms with E-state index in [1.54, 1.807) is 0 Å². The minimum atomic E-state index is -4.44. The van der Waals surface area contributed by atoms with Crippen molar-refractivity contribution in [2.75, 3.05) is 6.61 Å². The summed E-state index contributed by atoms with van der Waals surface area (Å²) in [4.78, 5) is 19.4. The second-order valence-corrected chi connectivity index (χ2v) is 6.02. The number of alkyl halides is 3. The highest BCUT2D eigenvalue weighted by atomic mass is 19.4. The van der Waals surface area contributed by atoms with Crippen molar-refractivity contribution in [3.63, 3.8) is 0 Å². The van der Waals surface area contributed by atoms with E-state index in [2.05, 4.69) is 19.8 Å². The zero-order chi connectivity index (χ0) is 17.9. The lowest BCUT2D eigenvalue weighted by molar-refractivity contribution is -0.154. The SMILES string of the molecule is O=c1ccc(-c2cnc(OCC(F)(F)F)nc2)nn1CCC1CCC1. The average Bonchev–Trinajstić information content (AvgIpc) is 2.53. The Bertz CT molecular complexity index is 770. The van der Waals surface area contributed by atoms with Crippen LogP contribution in [0.25, 0.3) is 11.3 Å². The highest BCUT2D eigenvalue weighted by molar-refractivity contribution is 5.55. The van der Waals surface area contributed by atoms with E-state index in [4.69, 9.17) is 0 Å². The average molecular weight is 354 g/mol. The number of hydrogen-bond acceptors (Lipinski definition) is 5. The van der Waals surface area contributed by atoms with Crippen molar-refractivity contribution in [2.24, 2.45) is 5.92 Å². The molecule has 25 heavy (non-hydrogen) atoms. The topological polar surface area (TPSA) is 69.9 Å². The molecule has 0 N–H and O–H groups in total. The first kappa shape index (κ1) is 17.4. The number of nitrogens with zero attached hydrogens (tertiary/aromatic N) is 4. The molecule has 0 aliphatic heterocycles. The molecule has 2 aromatic heterocycles. The van der Waals surface area contributed by atoms with E-state index in [9.17, 15) is 18.0 Å². The summed E-state index contributed by atoms with van der Waals surface area (Å²) in [7, 11) is 0. The molecule has 0 saturated heterocycles. The van der Waals surface area contributed by atoms with Gasteiger partial charge in [0.1, 0.15) is 0 Å². The molecule has 0 bridgehead atoms. The summed E-state index contributed by atoms with van der Waals surface area (Å²) in [5.74, 6) is 0.658. The molecule has 1 aliphatic rings. The molecule has 0 radical (unpaired) electrons. The van der Waals surface area contributed by atoms with Crippen molar-refractivity contribution in [2.45, 2.75) is 38.4 Å². The standard InChI is InChI=1S/C16H17F3N4O2/c17-16(18,19)10-25-15-20-8-12(9-21-15)13-4-5-14(24)23(22-13)7-6-11-2-1-3-11/h4-5,8-9,11H,1-3,6-7,10H2. The smallest absolute Gasteiger partial charge is 0.422 e. The number of hydrogen-bond donors (Lipinski definition) is 0. The number of rotatable bonds is 6. The van der Waals surface area contributed by atoms with Gasteiger partial charge in [0, 0.05) is 30.6 Å². The van der Waals surface area contributed by atoms with Gasteiger partial charge >= 0.3 is 12.2 Å². The van der Waals surface area contributed by atoms with Crippen molar-refractivity contribution >= 4 is 0 Å². The van der Waals surface area contributed by atoms with Crippen LogP contribution >= 0.6 is 0 Å². The largest absolute Gasteiger partial charge is 0.454 e. The molecule has 2 heterocycles. The molecule has 6 nitrogen and oxygen atoms in total. The van der Waals surface area contributed by atoms with Crippen LogP contribution in [-0.4, -0.2) is 32.5 Å². The van der Waals surface area contributed by atoms with E-state index in [1.165, 1.54) is 48.5 Å². The van der Waals surface area contributed by atoms with Crippen molar-refractivity contribution in [3.05, 3.63) is 34.9 Å². The van der Waals surface area contributed by atoms with Gasteiger partial charge in [-0.3, -0.25) is 4.79 Å². The quantitative estimate of drug-likeness (QED) is 0.798. The summed E-state index contributed by atoms with van der Waals surface area (Å²) in [6.07, 6.45) is 2.75. The first-order valence-electron chi connectivity index (χ1n) is 8.01. The Morgan fingerprint density at radius 2 is 1.92 bits per heavy atom. The first-order valence-corrected chi connectivity index (χ1v) is 8.01. The van der Waals surface area contributed by atoms with Crippen LogP contribution in [-0.2, 0) is 6.54 Å². The minimum Gasteiger partial charge on any atom is -0.454 e. The predicted molar refractivity (Wildman–Crippen MR) is 83.0 cm³/mol. The highest BCUT2D eigenvalue weighted by Crippen LogP contribution is 2.29. The molecule has 1 aliphatic carbocycles. The summed E-state index contributed by atoms with van der Waals surface area (Å²) in [5, 5.41) is 4.29.